The van der Waals surface area contributed by atoms with Gasteiger partial charge in [0, 0.05) is 6.42 Å². The summed E-state index contributed by atoms with van der Waals surface area (Å²) in [6, 6.07) is 0. The molecule has 0 aromatic heterocycles. The van der Waals surface area contributed by atoms with Crippen LogP contribution in [-0.2, 0) is 4.74 Å². The van der Waals surface area contributed by atoms with E-state index in [1.54, 1.807) is 6.26 Å². The molecule has 1 aliphatic carbocycles. The molecule has 3 atom stereocenters. The van der Waals surface area contributed by atoms with Gasteiger partial charge in [0.1, 0.15) is 0 Å². The van der Waals surface area contributed by atoms with Crippen LogP contribution < -0.4 is 0 Å². The number of hydrogen-bond acceptors (Lipinski definition) is 2. The summed E-state index contributed by atoms with van der Waals surface area (Å²) in [6.45, 7) is 5.06. The standard InChI is InChI=1S/C10H16O2/c1-7-5-10(11,8(7)2)9-3-4-12-6-9/h6-8,11H,3-5H2,1-2H3. The molecule has 1 heterocycles. The quantitative estimate of drug-likeness (QED) is 0.645. The van der Waals surface area contributed by atoms with E-state index < -0.39 is 5.60 Å². The van der Waals surface area contributed by atoms with E-state index >= 15 is 0 Å². The monoisotopic (exact) mass is 168 g/mol. The van der Waals surface area contributed by atoms with Crippen molar-refractivity contribution in [3.8, 4) is 0 Å². The largest absolute Gasteiger partial charge is 0.501 e. The Morgan fingerprint density at radius 2 is 2.33 bits per heavy atom. The first kappa shape index (κ1) is 8.11. The lowest BCUT2D eigenvalue weighted by molar-refractivity contribution is -0.0952. The third-order valence-corrected chi connectivity index (χ3v) is 3.51. The maximum Gasteiger partial charge on any atom is 0.0920 e. The van der Waals surface area contributed by atoms with E-state index in [2.05, 4.69) is 13.8 Å². The molecule has 3 unspecified atom stereocenters. The summed E-state index contributed by atoms with van der Waals surface area (Å²) in [5.74, 6) is 1.04. The zero-order valence-corrected chi connectivity index (χ0v) is 7.71. The van der Waals surface area contributed by atoms with Crippen LogP contribution >= 0.6 is 0 Å². The molecular formula is C10H16O2. The Balaban J connectivity index is 2.12. The van der Waals surface area contributed by atoms with E-state index in [1.165, 1.54) is 0 Å². The van der Waals surface area contributed by atoms with Gasteiger partial charge in [0.2, 0.25) is 0 Å². The first-order chi connectivity index (χ1) is 5.64. The van der Waals surface area contributed by atoms with Gasteiger partial charge in [0.25, 0.3) is 0 Å². The molecule has 2 nitrogen and oxygen atoms in total. The van der Waals surface area contributed by atoms with Gasteiger partial charge in [0.15, 0.2) is 0 Å². The lowest BCUT2D eigenvalue weighted by atomic mass is 9.60. The van der Waals surface area contributed by atoms with Gasteiger partial charge >= 0.3 is 0 Å². The normalized spacial score (nSPS) is 46.4. The van der Waals surface area contributed by atoms with E-state index in [1.807, 2.05) is 0 Å². The van der Waals surface area contributed by atoms with Crippen molar-refractivity contribution in [2.75, 3.05) is 6.61 Å². The summed E-state index contributed by atoms with van der Waals surface area (Å²) in [7, 11) is 0. The number of rotatable bonds is 1. The highest BCUT2D eigenvalue weighted by atomic mass is 16.5. The minimum atomic E-state index is -0.532. The molecule has 0 spiro atoms. The van der Waals surface area contributed by atoms with Crippen LogP contribution in [0.5, 0.6) is 0 Å². The van der Waals surface area contributed by atoms with E-state index in [9.17, 15) is 5.11 Å². The highest BCUT2D eigenvalue weighted by Gasteiger charge is 2.50. The smallest absolute Gasteiger partial charge is 0.0920 e. The summed E-state index contributed by atoms with van der Waals surface area (Å²) in [5.41, 5.74) is 0.573. The zero-order chi connectivity index (χ0) is 8.77. The van der Waals surface area contributed by atoms with Crippen molar-refractivity contribution in [1.82, 2.24) is 0 Å². The van der Waals surface area contributed by atoms with Gasteiger partial charge in [0.05, 0.1) is 18.5 Å². The summed E-state index contributed by atoms with van der Waals surface area (Å²) in [6.07, 6.45) is 3.57. The van der Waals surface area contributed by atoms with Crippen LogP contribution in [0.3, 0.4) is 0 Å². The summed E-state index contributed by atoms with van der Waals surface area (Å²) < 4.78 is 5.14. The van der Waals surface area contributed by atoms with Crippen molar-refractivity contribution in [3.63, 3.8) is 0 Å². The van der Waals surface area contributed by atoms with Crippen LogP contribution in [0, 0.1) is 11.8 Å². The third kappa shape index (κ3) is 0.908. The Hall–Kier alpha value is -0.500. The molecule has 68 valence electrons. The summed E-state index contributed by atoms with van der Waals surface area (Å²) in [4.78, 5) is 0. The minimum absolute atomic E-state index is 0.394. The van der Waals surface area contributed by atoms with Crippen LogP contribution in [0.25, 0.3) is 0 Å². The molecule has 2 rings (SSSR count). The van der Waals surface area contributed by atoms with Crippen LogP contribution in [0.4, 0.5) is 0 Å². The van der Waals surface area contributed by atoms with Crippen LogP contribution in [0.2, 0.25) is 0 Å². The average Bonchev–Trinajstić information content (AvgIpc) is 2.56. The Kier molecular flexibility index (Phi) is 1.69. The predicted molar refractivity (Wildman–Crippen MR) is 46.5 cm³/mol. The van der Waals surface area contributed by atoms with Crippen molar-refractivity contribution in [1.29, 1.82) is 0 Å². The molecule has 0 saturated heterocycles. The Morgan fingerprint density at radius 3 is 2.75 bits per heavy atom. The molecule has 1 aliphatic heterocycles. The molecule has 1 N–H and O–H groups in total. The Bertz CT molecular complexity index is 222. The highest BCUT2D eigenvalue weighted by Crippen LogP contribution is 2.49. The minimum Gasteiger partial charge on any atom is -0.501 e. The fraction of sp³-hybridized carbons (Fsp3) is 0.800. The second-order valence-corrected chi connectivity index (χ2v) is 4.16. The fourth-order valence-corrected chi connectivity index (χ4v) is 2.29. The molecular weight excluding hydrogens is 152 g/mol. The van der Waals surface area contributed by atoms with Gasteiger partial charge in [-0.25, -0.2) is 0 Å². The number of aliphatic hydroxyl groups is 1. The fourth-order valence-electron chi connectivity index (χ4n) is 2.29. The first-order valence-electron chi connectivity index (χ1n) is 4.68. The van der Waals surface area contributed by atoms with Crippen LogP contribution in [0.1, 0.15) is 26.7 Å². The topological polar surface area (TPSA) is 29.5 Å². The molecule has 1 saturated carbocycles. The molecule has 0 aromatic rings. The van der Waals surface area contributed by atoms with Gasteiger partial charge in [-0.3, -0.25) is 0 Å². The highest BCUT2D eigenvalue weighted by molar-refractivity contribution is 5.24. The molecule has 0 aromatic carbocycles. The summed E-state index contributed by atoms with van der Waals surface area (Å²) in [5, 5.41) is 10.2. The van der Waals surface area contributed by atoms with Gasteiger partial charge < -0.3 is 9.84 Å². The van der Waals surface area contributed by atoms with Crippen molar-refractivity contribution >= 4 is 0 Å². The molecule has 1 fully saturated rings. The Morgan fingerprint density at radius 1 is 1.58 bits per heavy atom. The molecule has 2 heteroatoms. The average molecular weight is 168 g/mol. The third-order valence-electron chi connectivity index (χ3n) is 3.51. The van der Waals surface area contributed by atoms with Crippen LogP contribution in [0.15, 0.2) is 11.8 Å². The second-order valence-electron chi connectivity index (χ2n) is 4.16. The van der Waals surface area contributed by atoms with Gasteiger partial charge in [-0.05, 0) is 23.8 Å². The van der Waals surface area contributed by atoms with Crippen molar-refractivity contribution in [2.45, 2.75) is 32.3 Å². The molecule has 0 amide bonds. The van der Waals surface area contributed by atoms with Crippen molar-refractivity contribution < 1.29 is 9.84 Å². The second kappa shape index (κ2) is 2.49. The first-order valence-corrected chi connectivity index (χ1v) is 4.68. The zero-order valence-electron chi connectivity index (χ0n) is 7.71. The maximum atomic E-state index is 10.2. The van der Waals surface area contributed by atoms with E-state index in [-0.39, 0.29) is 0 Å². The van der Waals surface area contributed by atoms with Crippen LogP contribution in [-0.4, -0.2) is 17.3 Å². The molecule has 2 aliphatic rings. The van der Waals surface area contributed by atoms with E-state index in [0.717, 1.165) is 25.0 Å². The lowest BCUT2D eigenvalue weighted by Crippen LogP contribution is -2.52. The van der Waals surface area contributed by atoms with Gasteiger partial charge in [-0.15, -0.1) is 0 Å². The maximum absolute atomic E-state index is 10.2. The number of ether oxygens (including phenoxy) is 1. The van der Waals surface area contributed by atoms with E-state index in [4.69, 9.17) is 4.74 Å². The molecule has 0 radical (unpaired) electrons. The lowest BCUT2D eigenvalue weighted by Gasteiger charge is -2.49. The van der Waals surface area contributed by atoms with Crippen molar-refractivity contribution in [3.05, 3.63) is 11.8 Å². The SMILES string of the molecule is CC1CC(O)(C2=COCC2)C1C. The Labute approximate surface area is 73.2 Å². The molecule has 12 heavy (non-hydrogen) atoms. The molecule has 0 bridgehead atoms. The number of hydrogen-bond donors (Lipinski definition) is 1. The van der Waals surface area contributed by atoms with Crippen molar-refractivity contribution in [2.24, 2.45) is 11.8 Å². The van der Waals surface area contributed by atoms with E-state index in [0.29, 0.717) is 11.8 Å². The predicted octanol–water partition coefficient (Wildman–Crippen LogP) is 1.70. The summed E-state index contributed by atoms with van der Waals surface area (Å²) >= 11 is 0. The van der Waals surface area contributed by atoms with Gasteiger partial charge in [-0.2, -0.15) is 0 Å². The van der Waals surface area contributed by atoms with Gasteiger partial charge in [-0.1, -0.05) is 13.8 Å².